The minimum atomic E-state index is -0.145. The molecular formula is C20H21N3O2. The first-order chi connectivity index (χ1) is 12.1. The van der Waals surface area contributed by atoms with E-state index in [1.807, 2.05) is 6.07 Å². The van der Waals surface area contributed by atoms with Gasteiger partial charge in [0.15, 0.2) is 6.29 Å². The molecule has 25 heavy (non-hydrogen) atoms. The van der Waals surface area contributed by atoms with Crippen molar-refractivity contribution in [2.24, 2.45) is 0 Å². The molecule has 1 aromatic heterocycles. The summed E-state index contributed by atoms with van der Waals surface area (Å²) in [5, 5.41) is 0. The lowest BCUT2D eigenvalue weighted by Crippen LogP contribution is -2.37. The van der Waals surface area contributed by atoms with E-state index in [4.69, 9.17) is 5.73 Å². The molecule has 2 N–H and O–H groups in total. The zero-order valence-electron chi connectivity index (χ0n) is 14.2. The van der Waals surface area contributed by atoms with E-state index in [0.29, 0.717) is 16.8 Å². The average Bonchev–Trinajstić information content (AvgIpc) is 2.67. The maximum atomic E-state index is 12.8. The van der Waals surface area contributed by atoms with Crippen LogP contribution >= 0.6 is 0 Å². The largest absolute Gasteiger partial charge is 0.397 e. The highest BCUT2D eigenvalue weighted by Gasteiger charge is 2.24. The second-order valence-electron chi connectivity index (χ2n) is 6.24. The van der Waals surface area contributed by atoms with Crippen molar-refractivity contribution in [2.75, 3.05) is 12.8 Å². The highest BCUT2D eigenvalue weighted by Crippen LogP contribution is 2.31. The number of likely N-dealkylation sites (N-methyl/N-ethyl adjacent to an activating group) is 1. The summed E-state index contributed by atoms with van der Waals surface area (Å²) in [5.41, 5.74) is 9.65. The number of carbonyl (C=O) groups is 2. The number of carbonyl (C=O) groups excluding carboxylic acids is 2. The van der Waals surface area contributed by atoms with Crippen LogP contribution in [-0.2, 0) is 0 Å². The van der Waals surface area contributed by atoms with Crippen LogP contribution in [0.5, 0.6) is 0 Å². The minimum Gasteiger partial charge on any atom is -0.397 e. The van der Waals surface area contributed by atoms with Crippen LogP contribution in [0.3, 0.4) is 0 Å². The van der Waals surface area contributed by atoms with Crippen LogP contribution in [-0.4, -0.2) is 35.2 Å². The molecule has 5 nitrogen and oxygen atoms in total. The van der Waals surface area contributed by atoms with Gasteiger partial charge in [0.1, 0.15) is 0 Å². The van der Waals surface area contributed by atoms with Crippen molar-refractivity contribution in [3.05, 3.63) is 65.5 Å². The molecule has 0 aliphatic heterocycles. The first kappa shape index (κ1) is 16.9. The van der Waals surface area contributed by atoms with Crippen molar-refractivity contribution in [3.63, 3.8) is 0 Å². The lowest BCUT2D eigenvalue weighted by Gasteiger charge is -2.30. The first-order valence-electron chi connectivity index (χ1n) is 8.33. The van der Waals surface area contributed by atoms with Gasteiger partial charge >= 0.3 is 0 Å². The molecule has 0 radical (unpaired) electrons. The van der Waals surface area contributed by atoms with E-state index >= 15 is 0 Å². The van der Waals surface area contributed by atoms with Gasteiger partial charge in [0.25, 0.3) is 5.91 Å². The van der Waals surface area contributed by atoms with Crippen molar-refractivity contribution in [3.8, 4) is 0 Å². The normalized spacial score (nSPS) is 16.8. The summed E-state index contributed by atoms with van der Waals surface area (Å²) in [4.78, 5) is 29.8. The molecule has 1 aliphatic rings. The number of allylic oxidation sites excluding steroid dienone is 1. The van der Waals surface area contributed by atoms with Crippen molar-refractivity contribution in [2.45, 2.75) is 25.3 Å². The molecule has 0 spiro atoms. The third kappa shape index (κ3) is 3.45. The molecule has 1 aromatic carbocycles. The first-order valence-corrected chi connectivity index (χ1v) is 8.33. The Morgan fingerprint density at radius 3 is 2.88 bits per heavy atom. The fraction of sp³-hybridized carbons (Fsp3) is 0.250. The van der Waals surface area contributed by atoms with Crippen LogP contribution in [0.2, 0.25) is 0 Å². The number of benzene rings is 1. The Hall–Kier alpha value is -2.95. The summed E-state index contributed by atoms with van der Waals surface area (Å²) in [6, 6.07) is 8.76. The average molecular weight is 335 g/mol. The number of hydrogen-bond donors (Lipinski definition) is 1. The van der Waals surface area contributed by atoms with E-state index in [2.05, 4.69) is 11.1 Å². The fourth-order valence-electron chi connectivity index (χ4n) is 3.26. The van der Waals surface area contributed by atoms with Gasteiger partial charge in [-0.3, -0.25) is 14.6 Å². The molecule has 0 saturated carbocycles. The zero-order chi connectivity index (χ0) is 17.8. The van der Waals surface area contributed by atoms with E-state index < -0.39 is 0 Å². The third-order valence-corrected chi connectivity index (χ3v) is 4.67. The van der Waals surface area contributed by atoms with E-state index in [0.717, 1.165) is 36.7 Å². The van der Waals surface area contributed by atoms with Crippen molar-refractivity contribution in [1.29, 1.82) is 0 Å². The van der Waals surface area contributed by atoms with Gasteiger partial charge in [0, 0.05) is 24.4 Å². The number of amides is 1. The van der Waals surface area contributed by atoms with Gasteiger partial charge in [0.2, 0.25) is 0 Å². The predicted octanol–water partition coefficient (Wildman–Crippen LogP) is 3.18. The third-order valence-electron chi connectivity index (χ3n) is 4.67. The fourth-order valence-corrected chi connectivity index (χ4v) is 3.26. The van der Waals surface area contributed by atoms with Crippen LogP contribution in [0.25, 0.3) is 5.57 Å². The molecule has 1 heterocycles. The molecular weight excluding hydrogens is 314 g/mol. The van der Waals surface area contributed by atoms with Gasteiger partial charge in [-0.15, -0.1) is 0 Å². The van der Waals surface area contributed by atoms with Crippen molar-refractivity contribution >= 4 is 23.5 Å². The van der Waals surface area contributed by atoms with Crippen LogP contribution in [0.1, 0.15) is 45.5 Å². The monoisotopic (exact) mass is 335 g/mol. The quantitative estimate of drug-likeness (QED) is 0.871. The van der Waals surface area contributed by atoms with Gasteiger partial charge in [-0.25, -0.2) is 0 Å². The molecule has 0 saturated heterocycles. The number of rotatable bonds is 4. The lowest BCUT2D eigenvalue weighted by molar-refractivity contribution is 0.0749. The molecule has 0 fully saturated rings. The number of nitrogens with zero attached hydrogens (tertiary/aromatic N) is 2. The molecule has 1 amide bonds. The molecule has 0 bridgehead atoms. The van der Waals surface area contributed by atoms with Crippen LogP contribution in [0, 0.1) is 0 Å². The van der Waals surface area contributed by atoms with Crippen LogP contribution in [0.15, 0.2) is 48.8 Å². The predicted molar refractivity (Wildman–Crippen MR) is 98.2 cm³/mol. The number of anilines is 1. The Labute approximate surface area is 147 Å². The number of aldehydes is 1. The molecule has 3 rings (SSSR count). The second-order valence-corrected chi connectivity index (χ2v) is 6.24. The van der Waals surface area contributed by atoms with Gasteiger partial charge in [-0.1, -0.05) is 24.3 Å². The van der Waals surface area contributed by atoms with E-state index in [1.165, 1.54) is 0 Å². The van der Waals surface area contributed by atoms with E-state index in [1.54, 1.807) is 48.6 Å². The summed E-state index contributed by atoms with van der Waals surface area (Å²) < 4.78 is 0. The number of nitrogen functional groups attached to an aromatic ring is 1. The highest BCUT2D eigenvalue weighted by atomic mass is 16.2. The molecule has 2 aromatic rings. The van der Waals surface area contributed by atoms with Gasteiger partial charge in [-0.05, 0) is 37.0 Å². The molecule has 1 atom stereocenters. The molecule has 5 heteroatoms. The Kier molecular flexibility index (Phi) is 4.93. The van der Waals surface area contributed by atoms with Crippen LogP contribution in [0.4, 0.5) is 5.69 Å². The second kappa shape index (κ2) is 7.30. The van der Waals surface area contributed by atoms with E-state index in [9.17, 15) is 9.59 Å². The lowest BCUT2D eigenvalue weighted by atomic mass is 9.90. The SMILES string of the molecule is CN(C(=O)c1ccccc1C=O)C1C=C(c2ccncc2N)CCC1. The number of aromatic nitrogens is 1. The van der Waals surface area contributed by atoms with Crippen LogP contribution < -0.4 is 5.73 Å². The summed E-state index contributed by atoms with van der Waals surface area (Å²) in [6.45, 7) is 0. The van der Waals surface area contributed by atoms with Crippen molar-refractivity contribution in [1.82, 2.24) is 9.88 Å². The topological polar surface area (TPSA) is 76.3 Å². The minimum absolute atomic E-state index is 0.0245. The smallest absolute Gasteiger partial charge is 0.254 e. The summed E-state index contributed by atoms with van der Waals surface area (Å²) in [6.07, 6.45) is 9.00. The molecule has 1 unspecified atom stereocenters. The Balaban J connectivity index is 1.88. The standard InChI is InChI=1S/C20H21N3O2/c1-23(20(25)18-8-3-2-5-15(18)13-24)16-7-4-6-14(11-16)17-9-10-22-12-19(17)21/h2-3,5,8-13,16H,4,6-7,21H2,1H3. The number of pyridine rings is 1. The summed E-state index contributed by atoms with van der Waals surface area (Å²) in [7, 11) is 1.78. The molecule has 1 aliphatic carbocycles. The highest BCUT2D eigenvalue weighted by molar-refractivity contribution is 6.01. The van der Waals surface area contributed by atoms with E-state index in [-0.39, 0.29) is 11.9 Å². The van der Waals surface area contributed by atoms with Gasteiger partial charge in [-0.2, -0.15) is 0 Å². The summed E-state index contributed by atoms with van der Waals surface area (Å²) >= 11 is 0. The summed E-state index contributed by atoms with van der Waals surface area (Å²) in [5.74, 6) is -0.145. The van der Waals surface area contributed by atoms with Gasteiger partial charge < -0.3 is 10.6 Å². The Morgan fingerprint density at radius 1 is 1.32 bits per heavy atom. The molecule has 128 valence electrons. The maximum absolute atomic E-state index is 12.8. The maximum Gasteiger partial charge on any atom is 0.254 e. The number of hydrogen-bond acceptors (Lipinski definition) is 4. The number of nitrogens with two attached hydrogens (primary N) is 1. The zero-order valence-corrected chi connectivity index (χ0v) is 14.2. The Bertz CT molecular complexity index is 829. The van der Waals surface area contributed by atoms with Crippen molar-refractivity contribution < 1.29 is 9.59 Å². The van der Waals surface area contributed by atoms with Gasteiger partial charge in [0.05, 0.1) is 23.5 Å². The Morgan fingerprint density at radius 2 is 2.12 bits per heavy atom.